The molecule has 1 amide bonds. The van der Waals surface area contributed by atoms with E-state index in [1.807, 2.05) is 27.7 Å². The van der Waals surface area contributed by atoms with Crippen LogP contribution in [0.5, 0.6) is 5.75 Å². The fourth-order valence-corrected chi connectivity index (χ4v) is 2.81. The SMILES string of the molecule is CCCCCC(C)(OCCC)C(=O)Nc1ccc(OCC(C)C)c(C(=O)OC)c1. The maximum atomic E-state index is 13.0. The number of benzene rings is 1. The molecule has 0 saturated heterocycles. The number of anilines is 1. The summed E-state index contributed by atoms with van der Waals surface area (Å²) in [6, 6.07) is 5.00. The van der Waals surface area contributed by atoms with Gasteiger partial charge in [-0.1, -0.05) is 47.0 Å². The highest BCUT2D eigenvalue weighted by atomic mass is 16.5. The number of methoxy groups -OCH3 is 1. The molecule has 0 saturated carbocycles. The molecule has 0 radical (unpaired) electrons. The molecule has 0 aliphatic rings. The molecule has 0 heterocycles. The summed E-state index contributed by atoms with van der Waals surface area (Å²) in [7, 11) is 1.32. The fraction of sp³-hybridized carbons (Fsp3) is 0.652. The van der Waals surface area contributed by atoms with Crippen LogP contribution in [-0.4, -0.2) is 37.8 Å². The van der Waals surface area contributed by atoms with Crippen molar-refractivity contribution in [2.45, 2.75) is 72.3 Å². The van der Waals surface area contributed by atoms with Crippen molar-refractivity contribution in [1.29, 1.82) is 0 Å². The van der Waals surface area contributed by atoms with Gasteiger partial charge in [0.2, 0.25) is 0 Å². The Labute approximate surface area is 175 Å². The van der Waals surface area contributed by atoms with Crippen LogP contribution >= 0.6 is 0 Å². The molecule has 0 aromatic heterocycles. The molecule has 0 spiro atoms. The molecule has 1 unspecified atom stereocenters. The molecule has 1 N–H and O–H groups in total. The Kier molecular flexibility index (Phi) is 10.7. The Morgan fingerprint density at radius 2 is 1.86 bits per heavy atom. The zero-order chi connectivity index (χ0) is 21.9. The van der Waals surface area contributed by atoms with Crippen LogP contribution in [0.4, 0.5) is 5.69 Å². The first-order valence-corrected chi connectivity index (χ1v) is 10.6. The summed E-state index contributed by atoms with van der Waals surface area (Å²) in [5, 5.41) is 2.90. The number of rotatable bonds is 13. The maximum Gasteiger partial charge on any atom is 0.341 e. The monoisotopic (exact) mass is 407 g/mol. The minimum atomic E-state index is -0.913. The van der Waals surface area contributed by atoms with Gasteiger partial charge in [0.05, 0.1) is 13.7 Å². The quantitative estimate of drug-likeness (QED) is 0.359. The van der Waals surface area contributed by atoms with Crippen molar-refractivity contribution in [2.24, 2.45) is 5.92 Å². The standard InChI is InChI=1S/C23H37NO5/c1-7-9-10-13-23(5,29-14-8-2)22(26)24-18-11-12-20(28-16-17(3)4)19(15-18)21(25)27-6/h11-12,15,17H,7-10,13-14,16H2,1-6H3,(H,24,26). The van der Waals surface area contributed by atoms with Crippen LogP contribution in [-0.2, 0) is 14.3 Å². The van der Waals surface area contributed by atoms with Crippen molar-refractivity contribution in [2.75, 3.05) is 25.6 Å². The van der Waals surface area contributed by atoms with Gasteiger partial charge in [0.25, 0.3) is 5.91 Å². The molecule has 164 valence electrons. The summed E-state index contributed by atoms with van der Waals surface area (Å²) in [4.78, 5) is 25.2. The Bertz CT molecular complexity index is 659. The highest BCUT2D eigenvalue weighted by Gasteiger charge is 2.33. The molecule has 0 fully saturated rings. The van der Waals surface area contributed by atoms with E-state index in [0.717, 1.165) is 25.7 Å². The van der Waals surface area contributed by atoms with E-state index in [4.69, 9.17) is 14.2 Å². The zero-order valence-corrected chi connectivity index (χ0v) is 18.8. The van der Waals surface area contributed by atoms with Gasteiger partial charge < -0.3 is 19.5 Å². The largest absolute Gasteiger partial charge is 0.492 e. The van der Waals surface area contributed by atoms with Crippen LogP contribution in [0.15, 0.2) is 18.2 Å². The molecule has 1 aromatic carbocycles. The zero-order valence-electron chi connectivity index (χ0n) is 18.8. The third kappa shape index (κ3) is 8.05. The van der Waals surface area contributed by atoms with Gasteiger partial charge in [-0.3, -0.25) is 4.79 Å². The second-order valence-corrected chi connectivity index (χ2v) is 7.90. The normalized spacial score (nSPS) is 13.1. The first-order valence-electron chi connectivity index (χ1n) is 10.6. The average Bonchev–Trinajstić information content (AvgIpc) is 2.70. The molecule has 0 bridgehead atoms. The minimum absolute atomic E-state index is 0.214. The summed E-state index contributed by atoms with van der Waals surface area (Å²) in [6.45, 7) is 11.0. The summed E-state index contributed by atoms with van der Waals surface area (Å²) >= 11 is 0. The number of hydrogen-bond acceptors (Lipinski definition) is 5. The molecule has 1 atom stereocenters. The lowest BCUT2D eigenvalue weighted by Gasteiger charge is -2.29. The van der Waals surface area contributed by atoms with Gasteiger partial charge in [0.15, 0.2) is 0 Å². The average molecular weight is 408 g/mol. The first-order chi connectivity index (χ1) is 13.8. The van der Waals surface area contributed by atoms with Crippen molar-refractivity contribution < 1.29 is 23.8 Å². The predicted octanol–water partition coefficient (Wildman–Crippen LogP) is 5.21. The third-order valence-electron chi connectivity index (χ3n) is 4.58. The number of carbonyl (C=O) groups is 2. The number of esters is 1. The molecule has 29 heavy (non-hydrogen) atoms. The summed E-state index contributed by atoms with van der Waals surface area (Å²) in [6.07, 6.45) is 4.52. The van der Waals surface area contributed by atoms with E-state index in [1.54, 1.807) is 18.2 Å². The van der Waals surface area contributed by atoms with E-state index in [9.17, 15) is 9.59 Å². The Balaban J connectivity index is 3.02. The lowest BCUT2D eigenvalue weighted by molar-refractivity contribution is -0.140. The number of unbranched alkanes of at least 4 members (excludes halogenated alkanes) is 2. The fourth-order valence-electron chi connectivity index (χ4n) is 2.81. The van der Waals surface area contributed by atoms with E-state index in [-0.39, 0.29) is 11.5 Å². The third-order valence-corrected chi connectivity index (χ3v) is 4.58. The summed E-state index contributed by atoms with van der Waals surface area (Å²) in [5.74, 6) is 0.0393. The number of amides is 1. The van der Waals surface area contributed by atoms with Crippen LogP contribution in [0.2, 0.25) is 0 Å². The van der Waals surface area contributed by atoms with Gasteiger partial charge in [0.1, 0.15) is 16.9 Å². The molecular weight excluding hydrogens is 370 g/mol. The predicted molar refractivity (Wildman–Crippen MR) is 116 cm³/mol. The highest BCUT2D eigenvalue weighted by molar-refractivity contribution is 5.99. The molecule has 0 aliphatic carbocycles. The van der Waals surface area contributed by atoms with Gasteiger partial charge in [-0.2, -0.15) is 0 Å². The Morgan fingerprint density at radius 1 is 1.14 bits per heavy atom. The second kappa shape index (κ2) is 12.5. The second-order valence-electron chi connectivity index (χ2n) is 7.90. The van der Waals surface area contributed by atoms with Crippen molar-refractivity contribution in [1.82, 2.24) is 0 Å². The summed E-state index contributed by atoms with van der Waals surface area (Å²) in [5.41, 5.74) is -0.120. The van der Waals surface area contributed by atoms with E-state index in [2.05, 4.69) is 12.2 Å². The van der Waals surface area contributed by atoms with E-state index < -0.39 is 11.6 Å². The Hall–Kier alpha value is -2.08. The van der Waals surface area contributed by atoms with Crippen LogP contribution in [0.3, 0.4) is 0 Å². The van der Waals surface area contributed by atoms with Crippen LogP contribution in [0.1, 0.15) is 77.1 Å². The number of ether oxygens (including phenoxy) is 3. The molecular formula is C23H37NO5. The molecule has 6 nitrogen and oxygen atoms in total. The van der Waals surface area contributed by atoms with E-state index in [1.165, 1.54) is 7.11 Å². The first kappa shape index (κ1) is 25.0. The summed E-state index contributed by atoms with van der Waals surface area (Å²) < 4.78 is 16.5. The minimum Gasteiger partial charge on any atom is -0.492 e. The number of nitrogens with one attached hydrogen (secondary N) is 1. The van der Waals surface area contributed by atoms with Gasteiger partial charge in [-0.05, 0) is 43.9 Å². The van der Waals surface area contributed by atoms with Crippen LogP contribution < -0.4 is 10.1 Å². The van der Waals surface area contributed by atoms with Crippen LogP contribution in [0, 0.1) is 5.92 Å². The van der Waals surface area contributed by atoms with Gasteiger partial charge >= 0.3 is 5.97 Å². The highest BCUT2D eigenvalue weighted by Crippen LogP contribution is 2.27. The van der Waals surface area contributed by atoms with Gasteiger partial charge in [-0.25, -0.2) is 4.79 Å². The Morgan fingerprint density at radius 3 is 2.45 bits per heavy atom. The molecule has 0 aliphatic heterocycles. The van der Waals surface area contributed by atoms with Crippen molar-refractivity contribution in [3.63, 3.8) is 0 Å². The van der Waals surface area contributed by atoms with Crippen molar-refractivity contribution in [3.8, 4) is 5.75 Å². The molecule has 1 aromatic rings. The maximum absolute atomic E-state index is 13.0. The van der Waals surface area contributed by atoms with Gasteiger partial charge in [-0.15, -0.1) is 0 Å². The van der Waals surface area contributed by atoms with Crippen molar-refractivity contribution >= 4 is 17.6 Å². The van der Waals surface area contributed by atoms with Crippen molar-refractivity contribution in [3.05, 3.63) is 23.8 Å². The number of carbonyl (C=O) groups excluding carboxylic acids is 2. The molecule has 1 rings (SSSR count). The van der Waals surface area contributed by atoms with Crippen LogP contribution in [0.25, 0.3) is 0 Å². The van der Waals surface area contributed by atoms with E-state index in [0.29, 0.717) is 37.0 Å². The lowest BCUT2D eigenvalue weighted by atomic mass is 9.96. The topological polar surface area (TPSA) is 73.9 Å². The van der Waals surface area contributed by atoms with Gasteiger partial charge in [0, 0.05) is 12.3 Å². The molecule has 6 heteroatoms. The number of hydrogen-bond donors (Lipinski definition) is 1. The smallest absolute Gasteiger partial charge is 0.341 e. The lowest BCUT2D eigenvalue weighted by Crippen LogP contribution is -2.43. The van der Waals surface area contributed by atoms with E-state index >= 15 is 0 Å².